The van der Waals surface area contributed by atoms with Crippen LogP contribution in [0, 0.1) is 5.92 Å². The van der Waals surface area contributed by atoms with Crippen LogP contribution in [0.15, 0.2) is 12.2 Å². The second kappa shape index (κ2) is 14.7. The van der Waals surface area contributed by atoms with E-state index in [0.717, 1.165) is 32.3 Å². The number of ether oxygens (including phenoxy) is 3. The third kappa shape index (κ3) is 12.2. The molecule has 2 atom stereocenters. The molecule has 0 N–H and O–H groups in total. The van der Waals surface area contributed by atoms with Gasteiger partial charge in [0.25, 0.3) is 0 Å². The molecule has 4 nitrogen and oxygen atoms in total. The summed E-state index contributed by atoms with van der Waals surface area (Å²) in [6.45, 7) is 14.0. The van der Waals surface area contributed by atoms with Crippen molar-refractivity contribution < 1.29 is 19.0 Å². The Morgan fingerprint density at radius 3 is 2.39 bits per heavy atom. The monoisotopic (exact) mass is 328 g/mol. The van der Waals surface area contributed by atoms with Crippen molar-refractivity contribution in [3.63, 3.8) is 0 Å². The van der Waals surface area contributed by atoms with E-state index in [9.17, 15) is 4.79 Å². The molecule has 0 bridgehead atoms. The third-order valence-electron chi connectivity index (χ3n) is 3.81. The van der Waals surface area contributed by atoms with Crippen molar-refractivity contribution in [3.05, 3.63) is 12.2 Å². The maximum absolute atomic E-state index is 11.9. The maximum atomic E-state index is 11.9. The van der Waals surface area contributed by atoms with E-state index >= 15 is 0 Å². The fraction of sp³-hybridized carbons (Fsp3) is 0.842. The summed E-state index contributed by atoms with van der Waals surface area (Å²) in [5.74, 6) is 0.0964. The molecule has 0 heterocycles. The largest absolute Gasteiger partial charge is 0.462 e. The van der Waals surface area contributed by atoms with Crippen molar-refractivity contribution in [1.29, 1.82) is 0 Å². The van der Waals surface area contributed by atoms with Gasteiger partial charge in [-0.25, -0.2) is 4.79 Å². The van der Waals surface area contributed by atoms with Crippen LogP contribution in [0.4, 0.5) is 0 Å². The number of carbonyl (C=O) groups is 1. The predicted molar refractivity (Wildman–Crippen MR) is 94.5 cm³/mol. The first-order chi connectivity index (χ1) is 11.0. The molecule has 0 aliphatic heterocycles. The van der Waals surface area contributed by atoms with E-state index < -0.39 is 0 Å². The van der Waals surface area contributed by atoms with Crippen molar-refractivity contribution in [2.24, 2.45) is 5.92 Å². The second-order valence-electron chi connectivity index (χ2n) is 6.17. The van der Waals surface area contributed by atoms with Gasteiger partial charge in [0.1, 0.15) is 0 Å². The minimum atomic E-state index is -0.348. The quantitative estimate of drug-likeness (QED) is 0.252. The molecule has 0 aromatic carbocycles. The first-order valence-electron chi connectivity index (χ1n) is 9.09. The predicted octanol–water partition coefficient (Wildman–Crippen LogP) is 4.52. The van der Waals surface area contributed by atoms with E-state index in [4.69, 9.17) is 14.2 Å². The van der Waals surface area contributed by atoms with Gasteiger partial charge in [0.05, 0.1) is 31.5 Å². The summed E-state index contributed by atoms with van der Waals surface area (Å²) in [7, 11) is 0. The van der Waals surface area contributed by atoms with E-state index in [-0.39, 0.29) is 18.7 Å². The number of rotatable bonds is 15. The lowest BCUT2D eigenvalue weighted by molar-refractivity contribution is -0.141. The highest BCUT2D eigenvalue weighted by atomic mass is 16.5. The minimum Gasteiger partial charge on any atom is -0.462 e. The van der Waals surface area contributed by atoms with Gasteiger partial charge in [-0.3, -0.25) is 0 Å². The van der Waals surface area contributed by atoms with Crippen LogP contribution in [-0.4, -0.2) is 38.5 Å². The lowest BCUT2D eigenvalue weighted by Gasteiger charge is -2.16. The molecular formula is C19H36O4. The summed E-state index contributed by atoms with van der Waals surface area (Å²) in [5, 5.41) is 0. The summed E-state index contributed by atoms with van der Waals surface area (Å²) < 4.78 is 16.4. The minimum absolute atomic E-state index is 0.0314. The van der Waals surface area contributed by atoms with Crippen LogP contribution in [-0.2, 0) is 19.0 Å². The van der Waals surface area contributed by atoms with Crippen LogP contribution in [0.2, 0.25) is 0 Å². The molecule has 0 fully saturated rings. The molecular weight excluding hydrogens is 292 g/mol. The zero-order valence-electron chi connectivity index (χ0n) is 15.6. The first-order valence-corrected chi connectivity index (χ1v) is 9.09. The molecule has 23 heavy (non-hydrogen) atoms. The Morgan fingerprint density at radius 1 is 1.09 bits per heavy atom. The number of carbonyl (C=O) groups excluding carboxylic acids is 1. The van der Waals surface area contributed by atoms with Crippen LogP contribution in [0.3, 0.4) is 0 Å². The average molecular weight is 328 g/mol. The Labute approximate surface area is 142 Å². The Kier molecular flexibility index (Phi) is 14.1. The van der Waals surface area contributed by atoms with Crippen LogP contribution in [0.5, 0.6) is 0 Å². The van der Waals surface area contributed by atoms with E-state index in [2.05, 4.69) is 27.4 Å². The van der Waals surface area contributed by atoms with Gasteiger partial charge in [0.2, 0.25) is 0 Å². The Bertz CT molecular complexity index is 314. The summed E-state index contributed by atoms with van der Waals surface area (Å²) in [4.78, 5) is 11.9. The summed E-state index contributed by atoms with van der Waals surface area (Å²) in [5.41, 5.74) is 0.371. The van der Waals surface area contributed by atoms with Gasteiger partial charge in [-0.2, -0.15) is 0 Å². The van der Waals surface area contributed by atoms with Gasteiger partial charge >= 0.3 is 5.97 Å². The van der Waals surface area contributed by atoms with Crippen LogP contribution in [0.25, 0.3) is 0 Å². The smallest absolute Gasteiger partial charge is 0.335 e. The zero-order valence-corrected chi connectivity index (χ0v) is 15.6. The van der Waals surface area contributed by atoms with Gasteiger partial charge in [-0.05, 0) is 25.7 Å². The summed E-state index contributed by atoms with van der Waals surface area (Å²) >= 11 is 0. The van der Waals surface area contributed by atoms with Crippen molar-refractivity contribution in [1.82, 2.24) is 0 Å². The number of esters is 1. The second-order valence-corrected chi connectivity index (χ2v) is 6.17. The molecule has 0 spiro atoms. The topological polar surface area (TPSA) is 44.8 Å². The van der Waals surface area contributed by atoms with Gasteiger partial charge in [-0.15, -0.1) is 0 Å². The third-order valence-corrected chi connectivity index (χ3v) is 3.81. The summed E-state index contributed by atoms with van der Waals surface area (Å²) in [6, 6.07) is 0. The fourth-order valence-corrected chi connectivity index (χ4v) is 2.08. The van der Waals surface area contributed by atoms with Crippen LogP contribution < -0.4 is 0 Å². The lowest BCUT2D eigenvalue weighted by atomic mass is 10.0. The Hall–Kier alpha value is -0.870. The van der Waals surface area contributed by atoms with Gasteiger partial charge in [0.15, 0.2) is 0 Å². The van der Waals surface area contributed by atoms with E-state index in [1.54, 1.807) is 0 Å². The van der Waals surface area contributed by atoms with Gasteiger partial charge in [-0.1, -0.05) is 53.0 Å². The number of unbranched alkanes of at least 4 members (excludes halogenated alkanes) is 2. The molecule has 0 aliphatic rings. The lowest BCUT2D eigenvalue weighted by Crippen LogP contribution is -2.20. The van der Waals surface area contributed by atoms with Crippen LogP contribution in [0.1, 0.15) is 66.2 Å². The Balaban J connectivity index is 3.82. The molecule has 2 unspecified atom stereocenters. The average Bonchev–Trinajstić information content (AvgIpc) is 2.54. The normalized spacial score (nSPS) is 13.6. The zero-order chi connectivity index (χ0) is 17.5. The highest BCUT2D eigenvalue weighted by Crippen LogP contribution is 2.13. The molecule has 0 rings (SSSR count). The molecule has 0 aromatic heterocycles. The SMILES string of the molecule is C=C(COCC(C)OCCCC)C(=O)OCC(CC)CCCC. The standard InChI is InChI=1S/C19H36O4/c1-6-9-11-18(8-3)15-23-19(20)16(4)13-21-14-17(5)22-12-10-7-2/h17-18H,4,6-15H2,1-3,5H3. The molecule has 0 aromatic rings. The summed E-state index contributed by atoms with van der Waals surface area (Å²) in [6.07, 6.45) is 6.69. The molecule has 0 radical (unpaired) electrons. The highest BCUT2D eigenvalue weighted by molar-refractivity contribution is 5.87. The first kappa shape index (κ1) is 22.1. The maximum Gasteiger partial charge on any atom is 0.335 e. The molecule has 0 saturated heterocycles. The van der Waals surface area contributed by atoms with E-state index in [1.807, 2.05) is 6.92 Å². The van der Waals surface area contributed by atoms with Crippen molar-refractivity contribution in [2.45, 2.75) is 72.3 Å². The van der Waals surface area contributed by atoms with E-state index in [0.29, 0.717) is 24.7 Å². The number of hydrogen-bond acceptors (Lipinski definition) is 4. The highest BCUT2D eigenvalue weighted by Gasteiger charge is 2.13. The Morgan fingerprint density at radius 2 is 1.78 bits per heavy atom. The van der Waals surface area contributed by atoms with E-state index in [1.165, 1.54) is 12.8 Å². The van der Waals surface area contributed by atoms with Crippen molar-refractivity contribution in [3.8, 4) is 0 Å². The van der Waals surface area contributed by atoms with Crippen molar-refractivity contribution >= 4 is 5.97 Å². The molecule has 0 saturated carbocycles. The fourth-order valence-electron chi connectivity index (χ4n) is 2.08. The van der Waals surface area contributed by atoms with Crippen LogP contribution >= 0.6 is 0 Å². The molecule has 0 aliphatic carbocycles. The van der Waals surface area contributed by atoms with Crippen molar-refractivity contribution in [2.75, 3.05) is 26.4 Å². The molecule has 136 valence electrons. The number of hydrogen-bond donors (Lipinski definition) is 0. The van der Waals surface area contributed by atoms with Gasteiger partial charge < -0.3 is 14.2 Å². The van der Waals surface area contributed by atoms with Gasteiger partial charge in [0, 0.05) is 6.61 Å². The molecule has 4 heteroatoms. The molecule has 0 amide bonds.